The predicted molar refractivity (Wildman–Crippen MR) is 62.4 cm³/mol. The summed E-state index contributed by atoms with van der Waals surface area (Å²) in [6.45, 7) is 4.42. The van der Waals surface area contributed by atoms with E-state index in [-0.39, 0.29) is 0 Å². The van der Waals surface area contributed by atoms with Crippen LogP contribution in [0.2, 0.25) is 0 Å². The Morgan fingerprint density at radius 2 is 1.86 bits per heavy atom. The number of aryl methyl sites for hydroxylation is 2. The molecular formula is C11H16BrNO. The lowest BCUT2D eigenvalue weighted by Crippen LogP contribution is -2.22. The molecule has 0 radical (unpaired) electrons. The summed E-state index contributed by atoms with van der Waals surface area (Å²) in [5, 5.41) is 9.43. The minimum absolute atomic E-state index is 0.314. The Bertz CT molecular complexity index is 302. The highest BCUT2D eigenvalue weighted by molar-refractivity contribution is 9.10. The van der Waals surface area contributed by atoms with Gasteiger partial charge in [-0.05, 0) is 37.0 Å². The molecule has 0 amide bonds. The molecule has 0 fully saturated rings. The molecule has 0 aliphatic carbocycles. The SMILES string of the molecule is Cc1cc(CC(O)CN)cc(C)c1Br. The summed E-state index contributed by atoms with van der Waals surface area (Å²) in [4.78, 5) is 0. The number of halogens is 1. The molecule has 1 aromatic rings. The quantitative estimate of drug-likeness (QED) is 0.870. The minimum Gasteiger partial charge on any atom is -0.391 e. The van der Waals surface area contributed by atoms with Crippen molar-refractivity contribution >= 4 is 15.9 Å². The van der Waals surface area contributed by atoms with Crippen molar-refractivity contribution in [3.63, 3.8) is 0 Å². The van der Waals surface area contributed by atoms with Crippen molar-refractivity contribution < 1.29 is 5.11 Å². The summed E-state index contributed by atoms with van der Waals surface area (Å²) in [5.41, 5.74) is 8.90. The fraction of sp³-hybridized carbons (Fsp3) is 0.455. The van der Waals surface area contributed by atoms with Crippen LogP contribution in [0.15, 0.2) is 16.6 Å². The molecule has 0 saturated carbocycles. The number of aliphatic hydroxyl groups excluding tert-OH is 1. The molecular weight excluding hydrogens is 242 g/mol. The topological polar surface area (TPSA) is 46.2 Å². The van der Waals surface area contributed by atoms with Gasteiger partial charge >= 0.3 is 0 Å². The van der Waals surface area contributed by atoms with Gasteiger partial charge in [-0.3, -0.25) is 0 Å². The third kappa shape index (κ3) is 2.80. The molecule has 1 unspecified atom stereocenters. The van der Waals surface area contributed by atoms with Gasteiger partial charge in [0.25, 0.3) is 0 Å². The van der Waals surface area contributed by atoms with Crippen LogP contribution in [0.25, 0.3) is 0 Å². The number of hydrogen-bond donors (Lipinski definition) is 2. The van der Waals surface area contributed by atoms with E-state index in [0.717, 1.165) is 10.0 Å². The molecule has 2 nitrogen and oxygen atoms in total. The predicted octanol–water partition coefficient (Wildman–Crippen LogP) is 1.93. The standard InChI is InChI=1S/C11H16BrNO/c1-7-3-9(5-10(14)6-13)4-8(2)11(7)12/h3-4,10,14H,5-6,13H2,1-2H3. The van der Waals surface area contributed by atoms with Crippen LogP contribution in [-0.2, 0) is 6.42 Å². The average Bonchev–Trinajstić information content (AvgIpc) is 2.14. The van der Waals surface area contributed by atoms with Crippen molar-refractivity contribution in [1.82, 2.24) is 0 Å². The van der Waals surface area contributed by atoms with Crippen LogP contribution in [0.3, 0.4) is 0 Å². The van der Waals surface area contributed by atoms with Crippen molar-refractivity contribution in [1.29, 1.82) is 0 Å². The summed E-state index contributed by atoms with van der Waals surface area (Å²) in [7, 11) is 0. The zero-order valence-electron chi connectivity index (χ0n) is 8.55. The lowest BCUT2D eigenvalue weighted by Gasteiger charge is -2.11. The van der Waals surface area contributed by atoms with E-state index in [4.69, 9.17) is 5.73 Å². The second-order valence-electron chi connectivity index (χ2n) is 3.64. The van der Waals surface area contributed by atoms with Crippen LogP contribution in [0.4, 0.5) is 0 Å². The van der Waals surface area contributed by atoms with E-state index in [1.54, 1.807) is 0 Å². The molecule has 0 aliphatic heterocycles. The van der Waals surface area contributed by atoms with E-state index >= 15 is 0 Å². The van der Waals surface area contributed by atoms with Gasteiger partial charge in [0.05, 0.1) is 6.10 Å². The molecule has 3 heteroatoms. The maximum absolute atomic E-state index is 9.43. The lowest BCUT2D eigenvalue weighted by atomic mass is 10.0. The molecule has 0 spiro atoms. The normalized spacial score (nSPS) is 12.9. The smallest absolute Gasteiger partial charge is 0.0702 e. The highest BCUT2D eigenvalue weighted by atomic mass is 79.9. The fourth-order valence-electron chi connectivity index (χ4n) is 1.51. The Morgan fingerprint density at radius 1 is 1.36 bits per heavy atom. The van der Waals surface area contributed by atoms with Gasteiger partial charge in [0.1, 0.15) is 0 Å². The van der Waals surface area contributed by atoms with Crippen molar-refractivity contribution in [2.45, 2.75) is 26.4 Å². The van der Waals surface area contributed by atoms with Gasteiger partial charge in [0.15, 0.2) is 0 Å². The summed E-state index contributed by atoms with van der Waals surface area (Å²) in [5.74, 6) is 0. The lowest BCUT2D eigenvalue weighted by molar-refractivity contribution is 0.183. The third-order valence-corrected chi connectivity index (χ3v) is 3.49. The third-order valence-electron chi connectivity index (χ3n) is 2.24. The molecule has 0 bridgehead atoms. The number of rotatable bonds is 3. The van der Waals surface area contributed by atoms with Crippen molar-refractivity contribution in [3.8, 4) is 0 Å². The second-order valence-corrected chi connectivity index (χ2v) is 4.43. The number of hydrogen-bond acceptors (Lipinski definition) is 2. The van der Waals surface area contributed by atoms with Crippen LogP contribution >= 0.6 is 15.9 Å². The molecule has 1 aromatic carbocycles. The molecule has 0 aromatic heterocycles. The Kier molecular flexibility index (Phi) is 4.11. The summed E-state index contributed by atoms with van der Waals surface area (Å²) in [6, 6.07) is 4.16. The van der Waals surface area contributed by atoms with E-state index in [1.165, 1.54) is 11.1 Å². The Morgan fingerprint density at radius 3 is 2.29 bits per heavy atom. The van der Waals surface area contributed by atoms with E-state index in [9.17, 15) is 5.11 Å². The van der Waals surface area contributed by atoms with Crippen molar-refractivity contribution in [2.75, 3.05) is 6.54 Å². The molecule has 0 aliphatic rings. The minimum atomic E-state index is -0.435. The molecule has 1 atom stereocenters. The zero-order valence-corrected chi connectivity index (χ0v) is 10.1. The van der Waals surface area contributed by atoms with Gasteiger partial charge in [-0.2, -0.15) is 0 Å². The van der Waals surface area contributed by atoms with Crippen molar-refractivity contribution in [3.05, 3.63) is 33.3 Å². The number of nitrogens with two attached hydrogens (primary N) is 1. The van der Waals surface area contributed by atoms with Gasteiger partial charge in [-0.25, -0.2) is 0 Å². The second kappa shape index (κ2) is 4.91. The molecule has 78 valence electrons. The van der Waals surface area contributed by atoms with E-state index in [2.05, 4.69) is 41.9 Å². The molecule has 3 N–H and O–H groups in total. The Labute approximate surface area is 93.3 Å². The largest absolute Gasteiger partial charge is 0.391 e. The van der Waals surface area contributed by atoms with Crippen LogP contribution < -0.4 is 5.73 Å². The van der Waals surface area contributed by atoms with Crippen molar-refractivity contribution in [2.24, 2.45) is 5.73 Å². The van der Waals surface area contributed by atoms with Crippen LogP contribution in [0.1, 0.15) is 16.7 Å². The van der Waals surface area contributed by atoms with Gasteiger partial charge in [0, 0.05) is 11.0 Å². The summed E-state index contributed by atoms with van der Waals surface area (Å²) >= 11 is 3.51. The zero-order chi connectivity index (χ0) is 10.7. The highest BCUT2D eigenvalue weighted by Crippen LogP contribution is 2.22. The van der Waals surface area contributed by atoms with E-state index < -0.39 is 6.10 Å². The van der Waals surface area contributed by atoms with Crippen LogP contribution in [0, 0.1) is 13.8 Å². The Hall–Kier alpha value is -0.380. The first-order valence-electron chi connectivity index (χ1n) is 4.68. The molecule has 0 saturated heterocycles. The van der Waals surface area contributed by atoms with E-state index in [0.29, 0.717) is 13.0 Å². The van der Waals surface area contributed by atoms with Crippen LogP contribution in [0.5, 0.6) is 0 Å². The Balaban J connectivity index is 2.89. The molecule has 0 heterocycles. The maximum Gasteiger partial charge on any atom is 0.0702 e. The fourth-order valence-corrected chi connectivity index (χ4v) is 1.74. The van der Waals surface area contributed by atoms with Gasteiger partial charge in [-0.15, -0.1) is 0 Å². The number of benzene rings is 1. The molecule has 14 heavy (non-hydrogen) atoms. The first-order chi connectivity index (χ1) is 6.54. The summed E-state index contributed by atoms with van der Waals surface area (Å²) < 4.78 is 1.14. The first-order valence-corrected chi connectivity index (χ1v) is 5.47. The maximum atomic E-state index is 9.43. The van der Waals surface area contributed by atoms with Gasteiger partial charge < -0.3 is 10.8 Å². The van der Waals surface area contributed by atoms with E-state index in [1.807, 2.05) is 0 Å². The monoisotopic (exact) mass is 257 g/mol. The molecule has 1 rings (SSSR count). The average molecular weight is 258 g/mol. The summed E-state index contributed by atoms with van der Waals surface area (Å²) in [6.07, 6.45) is 0.195. The van der Waals surface area contributed by atoms with Gasteiger partial charge in [-0.1, -0.05) is 28.1 Å². The first kappa shape index (κ1) is 11.7. The van der Waals surface area contributed by atoms with Gasteiger partial charge in [0.2, 0.25) is 0 Å². The van der Waals surface area contributed by atoms with Crippen LogP contribution in [-0.4, -0.2) is 17.8 Å². The highest BCUT2D eigenvalue weighted by Gasteiger charge is 2.06. The number of aliphatic hydroxyl groups is 1.